The Morgan fingerprint density at radius 2 is 0.811 bits per heavy atom. The number of ether oxygens (including phenoxy) is 2. The molecule has 0 saturated heterocycles. The van der Waals surface area contributed by atoms with Gasteiger partial charge < -0.3 is 14.0 Å². The number of rotatable bonds is 35. The van der Waals surface area contributed by atoms with E-state index in [0.29, 0.717) is 0 Å². The standard InChI is InChI=1S/C44H74O7S.Na/c1-3-5-7-9-11-13-15-17-19-21-23-25-27-29-31-33-37-50-43(45)41-36-35-40(52(47,48)49)39-42(41)44(46)51-38-34-32-30-28-26-24-22-20-18-16-14-12-10-8-6-4-2;/h33-39H,3-32H2,1-2H3,(H,47,48,49);/q;+1/p-1/b37-33+,38-34+;. The number of allylic oxidation sites excluding steroid dienone is 2. The summed E-state index contributed by atoms with van der Waals surface area (Å²) in [7, 11) is -4.84. The molecule has 7 nitrogen and oxygen atoms in total. The minimum absolute atomic E-state index is 0. The van der Waals surface area contributed by atoms with Crippen molar-refractivity contribution in [2.45, 2.75) is 211 Å². The van der Waals surface area contributed by atoms with Crippen molar-refractivity contribution in [3.05, 3.63) is 54.0 Å². The second-order valence-corrected chi connectivity index (χ2v) is 15.9. The fourth-order valence-electron chi connectivity index (χ4n) is 6.42. The fourth-order valence-corrected chi connectivity index (χ4v) is 6.92. The normalized spacial score (nSPS) is 11.7. The summed E-state index contributed by atoms with van der Waals surface area (Å²) in [6, 6.07) is 2.99. The van der Waals surface area contributed by atoms with Crippen LogP contribution in [0.1, 0.15) is 227 Å². The molecule has 0 radical (unpaired) electrons. The average molecular weight is 769 g/mol. The Kier molecular flexibility index (Phi) is 35.2. The van der Waals surface area contributed by atoms with E-state index in [1.165, 1.54) is 167 Å². The minimum atomic E-state index is -4.84. The number of carbonyl (C=O) groups is 2. The summed E-state index contributed by atoms with van der Waals surface area (Å²) >= 11 is 0. The van der Waals surface area contributed by atoms with Crippen molar-refractivity contribution < 1.29 is 61.6 Å². The smallest absolute Gasteiger partial charge is 0.744 e. The van der Waals surface area contributed by atoms with Crippen molar-refractivity contribution in [2.75, 3.05) is 0 Å². The van der Waals surface area contributed by atoms with Gasteiger partial charge in [-0.1, -0.05) is 181 Å². The first-order valence-electron chi connectivity index (χ1n) is 21.1. The van der Waals surface area contributed by atoms with E-state index < -0.39 is 27.0 Å². The van der Waals surface area contributed by atoms with E-state index in [1.807, 2.05) is 0 Å². The predicted molar refractivity (Wildman–Crippen MR) is 213 cm³/mol. The summed E-state index contributed by atoms with van der Waals surface area (Å²) in [5.41, 5.74) is -0.498. The Morgan fingerprint density at radius 3 is 1.13 bits per heavy atom. The first-order valence-corrected chi connectivity index (χ1v) is 22.5. The van der Waals surface area contributed by atoms with Crippen LogP contribution in [0.2, 0.25) is 0 Å². The molecule has 0 bridgehead atoms. The van der Waals surface area contributed by atoms with E-state index in [-0.39, 0.29) is 40.7 Å². The molecule has 1 aromatic rings. The van der Waals surface area contributed by atoms with Crippen LogP contribution < -0.4 is 29.6 Å². The van der Waals surface area contributed by atoms with Gasteiger partial charge in [-0.25, -0.2) is 18.0 Å². The third-order valence-electron chi connectivity index (χ3n) is 9.71. The van der Waals surface area contributed by atoms with Crippen LogP contribution in [0.5, 0.6) is 0 Å². The van der Waals surface area contributed by atoms with Crippen LogP contribution >= 0.6 is 0 Å². The molecule has 0 saturated carbocycles. The maximum atomic E-state index is 12.8. The summed E-state index contributed by atoms with van der Waals surface area (Å²) in [6.07, 6.45) is 43.6. The third-order valence-corrected chi connectivity index (χ3v) is 10.5. The van der Waals surface area contributed by atoms with Crippen molar-refractivity contribution >= 4 is 22.1 Å². The van der Waals surface area contributed by atoms with Crippen LogP contribution in [0.3, 0.4) is 0 Å². The number of carbonyl (C=O) groups excluding carboxylic acids is 2. The van der Waals surface area contributed by atoms with E-state index in [2.05, 4.69) is 13.8 Å². The largest absolute Gasteiger partial charge is 1.00 e. The molecule has 0 fully saturated rings. The molecule has 9 heteroatoms. The summed E-state index contributed by atoms with van der Waals surface area (Å²) in [5.74, 6) is -1.76. The number of benzene rings is 1. The van der Waals surface area contributed by atoms with Crippen molar-refractivity contribution in [1.29, 1.82) is 0 Å². The van der Waals surface area contributed by atoms with Gasteiger partial charge in [0.1, 0.15) is 10.1 Å². The van der Waals surface area contributed by atoms with Crippen molar-refractivity contribution in [1.82, 2.24) is 0 Å². The van der Waals surface area contributed by atoms with Gasteiger partial charge in [0.2, 0.25) is 0 Å². The second kappa shape index (κ2) is 36.2. The number of esters is 2. The second-order valence-electron chi connectivity index (χ2n) is 14.5. The molecule has 298 valence electrons. The molecule has 53 heavy (non-hydrogen) atoms. The van der Waals surface area contributed by atoms with Gasteiger partial charge in [-0.15, -0.1) is 0 Å². The topological polar surface area (TPSA) is 110 Å². The van der Waals surface area contributed by atoms with Crippen LogP contribution in [0, 0.1) is 0 Å². The molecular formula is C44H73NaO7S. The zero-order valence-corrected chi connectivity index (χ0v) is 36.8. The van der Waals surface area contributed by atoms with Crippen LogP contribution in [0.4, 0.5) is 0 Å². The Bertz CT molecular complexity index is 1210. The van der Waals surface area contributed by atoms with Gasteiger partial charge in [0, 0.05) is 0 Å². The van der Waals surface area contributed by atoms with E-state index >= 15 is 0 Å². The van der Waals surface area contributed by atoms with E-state index in [0.717, 1.165) is 56.7 Å². The fraction of sp³-hybridized carbons (Fsp3) is 0.727. The zero-order valence-electron chi connectivity index (χ0n) is 34.0. The van der Waals surface area contributed by atoms with Gasteiger partial charge in [-0.05, 0) is 56.0 Å². The minimum Gasteiger partial charge on any atom is -0.744 e. The van der Waals surface area contributed by atoms with E-state index in [9.17, 15) is 22.6 Å². The Labute approximate surface area is 347 Å². The number of hydrogen-bond donors (Lipinski definition) is 0. The van der Waals surface area contributed by atoms with Gasteiger partial charge in [0.25, 0.3) is 0 Å². The van der Waals surface area contributed by atoms with Crippen molar-refractivity contribution in [3.63, 3.8) is 0 Å². The molecule has 0 aliphatic heterocycles. The van der Waals surface area contributed by atoms with Gasteiger partial charge in [-0.3, -0.25) is 0 Å². The molecule has 1 aromatic carbocycles. The van der Waals surface area contributed by atoms with Gasteiger partial charge >= 0.3 is 41.5 Å². The third kappa shape index (κ3) is 29.5. The van der Waals surface area contributed by atoms with Crippen LogP contribution in [0.25, 0.3) is 0 Å². The average Bonchev–Trinajstić information content (AvgIpc) is 3.13. The Balaban J connectivity index is 0.0000270. The van der Waals surface area contributed by atoms with Gasteiger partial charge in [0.05, 0.1) is 28.5 Å². The quantitative estimate of drug-likeness (QED) is 0.0222. The Hall–Kier alpha value is -1.45. The summed E-state index contributed by atoms with van der Waals surface area (Å²) in [6.45, 7) is 4.51. The zero-order chi connectivity index (χ0) is 38.0. The molecule has 0 amide bonds. The van der Waals surface area contributed by atoms with Gasteiger partial charge in [-0.2, -0.15) is 0 Å². The number of hydrogen-bond acceptors (Lipinski definition) is 7. The summed E-state index contributed by atoms with van der Waals surface area (Å²) in [5, 5.41) is 0. The van der Waals surface area contributed by atoms with Crippen molar-refractivity contribution in [3.8, 4) is 0 Å². The molecule has 0 aliphatic rings. The first kappa shape index (κ1) is 51.5. The number of unbranched alkanes of at least 4 members (excludes halogenated alkanes) is 28. The molecule has 0 spiro atoms. The molecule has 0 heterocycles. The molecule has 0 aromatic heterocycles. The van der Waals surface area contributed by atoms with Crippen molar-refractivity contribution in [2.24, 2.45) is 0 Å². The van der Waals surface area contributed by atoms with Crippen LogP contribution in [-0.4, -0.2) is 24.9 Å². The SMILES string of the molecule is CCCCCCCCCCCCCCCC/C=C/OC(=O)c1ccc(S(=O)(=O)[O-])cc1C(=O)O/C=C/CCCCCCCCCCCCCCCC.[Na+]. The first-order chi connectivity index (χ1) is 25.3. The maximum Gasteiger partial charge on any atom is 1.00 e. The monoisotopic (exact) mass is 768 g/mol. The molecule has 0 unspecified atom stereocenters. The maximum absolute atomic E-state index is 12.8. The predicted octanol–water partition coefficient (Wildman–Crippen LogP) is 10.7. The molecule has 0 aliphatic carbocycles. The Morgan fingerprint density at radius 1 is 0.509 bits per heavy atom. The van der Waals surface area contributed by atoms with E-state index in [4.69, 9.17) is 9.47 Å². The van der Waals surface area contributed by atoms with E-state index in [1.54, 1.807) is 12.2 Å². The molecule has 1 rings (SSSR count). The molecule has 0 N–H and O–H groups in total. The summed E-state index contributed by atoms with van der Waals surface area (Å²) < 4.78 is 45.3. The van der Waals surface area contributed by atoms with Gasteiger partial charge in [0.15, 0.2) is 0 Å². The molecule has 0 atom stereocenters. The van der Waals surface area contributed by atoms with Crippen LogP contribution in [-0.2, 0) is 19.6 Å². The molecular weight excluding hydrogens is 696 g/mol. The summed E-state index contributed by atoms with van der Waals surface area (Å²) in [4.78, 5) is 25.0. The van der Waals surface area contributed by atoms with Crippen LogP contribution in [0.15, 0.2) is 47.8 Å².